The van der Waals surface area contributed by atoms with Gasteiger partial charge in [-0.1, -0.05) is 148 Å². The molecule has 75 heavy (non-hydrogen) atoms. The van der Waals surface area contributed by atoms with Crippen molar-refractivity contribution >= 4 is 23.9 Å². The number of rotatable bonds is 33. The Labute approximate surface area is 442 Å². The molecule has 0 fully saturated rings. The first-order valence-electron chi connectivity index (χ1n) is 27.1. The van der Waals surface area contributed by atoms with E-state index in [2.05, 4.69) is 13.8 Å². The van der Waals surface area contributed by atoms with Crippen LogP contribution in [0.1, 0.15) is 184 Å². The van der Waals surface area contributed by atoms with Crippen molar-refractivity contribution in [2.45, 2.75) is 142 Å². The minimum Gasteiger partial charge on any atom is -0.494 e. The third-order valence-corrected chi connectivity index (χ3v) is 12.8. The molecule has 0 saturated carbocycles. The highest BCUT2D eigenvalue weighted by Gasteiger charge is 2.17. The van der Waals surface area contributed by atoms with Crippen LogP contribution in [0.25, 0.3) is 11.1 Å². The Morgan fingerprint density at radius 1 is 0.320 bits per heavy atom. The van der Waals surface area contributed by atoms with E-state index in [1.54, 1.807) is 72.8 Å². The van der Waals surface area contributed by atoms with Gasteiger partial charge >= 0.3 is 23.9 Å². The minimum atomic E-state index is -0.809. The SMILES string of the molecule is CCCCCCCCCCCCOc1ccc(C(=O)Oc2ccc(C(=O)Oc3ccc(-c4ccc(F)c(OC(=O)c5ccc(OC(=O)c6ccc(OCCCCCCCCCCCC)cc6)cc5)c4)cc3)cc2)cc1. The molecule has 0 aliphatic rings. The van der Waals surface area contributed by atoms with E-state index in [0.29, 0.717) is 47.0 Å². The van der Waals surface area contributed by atoms with Crippen molar-refractivity contribution in [3.63, 3.8) is 0 Å². The first-order valence-corrected chi connectivity index (χ1v) is 27.1. The van der Waals surface area contributed by atoms with Crippen LogP contribution in [0.3, 0.4) is 0 Å². The van der Waals surface area contributed by atoms with Gasteiger partial charge in [0.05, 0.1) is 35.5 Å². The number of hydrogen-bond acceptors (Lipinski definition) is 10. The molecule has 396 valence electrons. The second-order valence-corrected chi connectivity index (χ2v) is 18.9. The van der Waals surface area contributed by atoms with Gasteiger partial charge in [0.1, 0.15) is 28.7 Å². The number of ether oxygens (including phenoxy) is 6. The van der Waals surface area contributed by atoms with Crippen LogP contribution >= 0.6 is 0 Å². The van der Waals surface area contributed by atoms with Gasteiger partial charge in [0.25, 0.3) is 0 Å². The molecule has 6 rings (SSSR count). The molecule has 0 saturated heterocycles. The molecule has 0 N–H and O–H groups in total. The first kappa shape index (κ1) is 57.0. The summed E-state index contributed by atoms with van der Waals surface area (Å²) >= 11 is 0. The van der Waals surface area contributed by atoms with Crippen molar-refractivity contribution in [3.8, 4) is 45.6 Å². The van der Waals surface area contributed by atoms with Crippen LogP contribution in [0, 0.1) is 5.82 Å². The lowest BCUT2D eigenvalue weighted by molar-refractivity contribution is 0.0717. The average Bonchev–Trinajstić information content (AvgIpc) is 3.43. The maximum Gasteiger partial charge on any atom is 0.343 e. The standard InChI is InChI=1S/C64H73FO10/c1-3-5-7-9-11-13-15-17-19-21-45-70-54-34-25-49(26-35-54)61(66)73-57-40-29-51(30-41-57)63(68)72-56-38-23-48(24-39-56)53-33-44-59(65)60(47-53)75-64(69)52-31-42-58(43-32-52)74-62(67)50-27-36-55(37-28-50)71-46-22-20-18-16-14-12-10-8-6-4-2/h23-44,47H,3-22,45-46H2,1-2H3. The van der Waals surface area contributed by atoms with Crippen LogP contribution in [-0.2, 0) is 0 Å². The van der Waals surface area contributed by atoms with E-state index in [4.69, 9.17) is 28.4 Å². The quantitative estimate of drug-likeness (QED) is 0.0224. The highest BCUT2D eigenvalue weighted by atomic mass is 19.1. The van der Waals surface area contributed by atoms with Crippen LogP contribution in [0.4, 0.5) is 4.39 Å². The molecule has 0 aliphatic heterocycles. The summed E-state index contributed by atoms with van der Waals surface area (Å²) in [6.07, 6.45) is 25.1. The maximum absolute atomic E-state index is 14.9. The zero-order valence-electron chi connectivity index (χ0n) is 43.8. The molecule has 11 heteroatoms. The summed E-state index contributed by atoms with van der Waals surface area (Å²) in [5.74, 6) is -1.44. The molecule has 6 aromatic carbocycles. The molecule has 0 amide bonds. The molecule has 0 atom stereocenters. The maximum atomic E-state index is 14.9. The van der Waals surface area contributed by atoms with E-state index in [-0.39, 0.29) is 34.1 Å². The van der Waals surface area contributed by atoms with Gasteiger partial charge in [-0.3, -0.25) is 0 Å². The Bertz CT molecular complexity index is 2640. The van der Waals surface area contributed by atoms with Crippen molar-refractivity contribution in [1.82, 2.24) is 0 Å². The zero-order valence-corrected chi connectivity index (χ0v) is 43.8. The number of hydrogen-bond donors (Lipinski definition) is 0. The minimum absolute atomic E-state index is 0.117. The largest absolute Gasteiger partial charge is 0.494 e. The molecule has 0 unspecified atom stereocenters. The molecule has 0 aromatic heterocycles. The Hall–Kier alpha value is -7.27. The molecule has 6 aromatic rings. The summed E-state index contributed by atoms with van der Waals surface area (Å²) in [5, 5.41) is 0. The van der Waals surface area contributed by atoms with Gasteiger partial charge in [-0.15, -0.1) is 0 Å². The number of halogens is 1. The van der Waals surface area contributed by atoms with Gasteiger partial charge in [0.15, 0.2) is 11.6 Å². The molecule has 0 radical (unpaired) electrons. The van der Waals surface area contributed by atoms with Crippen LogP contribution in [0.5, 0.6) is 34.5 Å². The second-order valence-electron chi connectivity index (χ2n) is 18.9. The second kappa shape index (κ2) is 32.1. The summed E-state index contributed by atoms with van der Waals surface area (Å²) in [6, 6.07) is 36.1. The number of benzene rings is 6. The lowest BCUT2D eigenvalue weighted by atomic mass is 10.1. The molecular formula is C64H73FO10. The molecule has 10 nitrogen and oxygen atoms in total. The predicted molar refractivity (Wildman–Crippen MR) is 292 cm³/mol. The smallest absolute Gasteiger partial charge is 0.343 e. The van der Waals surface area contributed by atoms with Gasteiger partial charge in [-0.05, 0) is 145 Å². The molecule has 0 bridgehead atoms. The first-order chi connectivity index (χ1) is 36.7. The van der Waals surface area contributed by atoms with Crippen molar-refractivity contribution in [2.75, 3.05) is 13.2 Å². The van der Waals surface area contributed by atoms with Crippen LogP contribution in [0.2, 0.25) is 0 Å². The van der Waals surface area contributed by atoms with Gasteiger partial charge in [0.2, 0.25) is 0 Å². The summed E-state index contributed by atoms with van der Waals surface area (Å²) in [4.78, 5) is 51.8. The van der Waals surface area contributed by atoms with Crippen LogP contribution in [0.15, 0.2) is 140 Å². The van der Waals surface area contributed by atoms with Crippen LogP contribution in [-0.4, -0.2) is 37.1 Å². The van der Waals surface area contributed by atoms with E-state index in [9.17, 15) is 23.6 Å². The van der Waals surface area contributed by atoms with Crippen molar-refractivity contribution in [2.24, 2.45) is 0 Å². The highest BCUT2D eigenvalue weighted by Crippen LogP contribution is 2.30. The van der Waals surface area contributed by atoms with E-state index in [0.717, 1.165) is 25.7 Å². The van der Waals surface area contributed by atoms with Crippen molar-refractivity contribution in [1.29, 1.82) is 0 Å². The Morgan fingerprint density at radius 2 is 0.600 bits per heavy atom. The van der Waals surface area contributed by atoms with Gasteiger partial charge in [-0.25, -0.2) is 23.6 Å². The number of carbonyl (C=O) groups is 4. The summed E-state index contributed by atoms with van der Waals surface area (Å²) in [6.45, 7) is 5.74. The predicted octanol–water partition coefficient (Wildman–Crippen LogP) is 17.0. The van der Waals surface area contributed by atoms with E-state index in [1.807, 2.05) is 0 Å². The van der Waals surface area contributed by atoms with Gasteiger partial charge in [-0.2, -0.15) is 0 Å². The molecular weight excluding hydrogens is 948 g/mol. The van der Waals surface area contributed by atoms with Gasteiger partial charge in [0, 0.05) is 0 Å². The third kappa shape index (κ3) is 20.2. The van der Waals surface area contributed by atoms with E-state index < -0.39 is 29.7 Å². The van der Waals surface area contributed by atoms with Gasteiger partial charge < -0.3 is 28.4 Å². The summed E-state index contributed by atoms with van der Waals surface area (Å²) < 4.78 is 48.8. The fraction of sp³-hybridized carbons (Fsp3) is 0.375. The Morgan fingerprint density at radius 3 is 0.947 bits per heavy atom. The topological polar surface area (TPSA) is 124 Å². The Kier molecular flexibility index (Phi) is 24.4. The fourth-order valence-electron chi connectivity index (χ4n) is 8.38. The average molecular weight is 1020 g/mol. The lowest BCUT2D eigenvalue weighted by Crippen LogP contribution is -2.11. The fourth-order valence-corrected chi connectivity index (χ4v) is 8.38. The van der Waals surface area contributed by atoms with Crippen LogP contribution < -0.4 is 28.4 Å². The van der Waals surface area contributed by atoms with Crippen molar-refractivity contribution < 1.29 is 52.0 Å². The third-order valence-electron chi connectivity index (χ3n) is 12.8. The normalized spacial score (nSPS) is 10.9. The number of carbonyl (C=O) groups excluding carboxylic acids is 4. The summed E-state index contributed by atoms with van der Waals surface area (Å²) in [7, 11) is 0. The molecule has 0 spiro atoms. The van der Waals surface area contributed by atoms with Crippen molar-refractivity contribution in [3.05, 3.63) is 168 Å². The zero-order chi connectivity index (χ0) is 52.9. The lowest BCUT2D eigenvalue weighted by Gasteiger charge is -2.10. The molecule has 0 aliphatic carbocycles. The van der Waals surface area contributed by atoms with E-state index >= 15 is 0 Å². The Balaban J connectivity index is 0.888. The van der Waals surface area contributed by atoms with E-state index in [1.165, 1.54) is 169 Å². The highest BCUT2D eigenvalue weighted by molar-refractivity contribution is 5.94. The molecule has 0 heterocycles. The number of unbranched alkanes of at least 4 members (excludes halogenated alkanes) is 18. The monoisotopic (exact) mass is 1020 g/mol. The number of esters is 4. The summed E-state index contributed by atoms with van der Waals surface area (Å²) in [5.41, 5.74) is 2.26.